The molecule has 4 heterocycles. The molecule has 3 aromatic rings. The minimum Gasteiger partial charge on any atom is -0.378 e. The van der Waals surface area contributed by atoms with E-state index in [0.717, 1.165) is 18.9 Å². The summed E-state index contributed by atoms with van der Waals surface area (Å²) >= 11 is 0. The van der Waals surface area contributed by atoms with E-state index in [-0.39, 0.29) is 11.9 Å². The van der Waals surface area contributed by atoms with E-state index in [1.165, 1.54) is 0 Å². The van der Waals surface area contributed by atoms with Crippen LogP contribution in [-0.4, -0.2) is 57.1 Å². The SMILES string of the molecule is Cc1nc(NC(=O)c2ccc(N3CCOCC3)nc2)nc(-c2ccccn2)n1. The maximum atomic E-state index is 12.6. The Balaban J connectivity index is 1.49. The van der Waals surface area contributed by atoms with Gasteiger partial charge in [0.1, 0.15) is 17.3 Å². The van der Waals surface area contributed by atoms with Crippen molar-refractivity contribution in [1.82, 2.24) is 24.9 Å². The highest BCUT2D eigenvalue weighted by molar-refractivity contribution is 6.03. The summed E-state index contributed by atoms with van der Waals surface area (Å²) in [6.07, 6.45) is 3.21. The molecular weight excluding hydrogens is 358 g/mol. The molecule has 0 aliphatic carbocycles. The average molecular weight is 377 g/mol. The van der Waals surface area contributed by atoms with Gasteiger partial charge >= 0.3 is 0 Å². The van der Waals surface area contributed by atoms with E-state index in [0.29, 0.717) is 36.1 Å². The lowest BCUT2D eigenvalue weighted by atomic mass is 10.2. The van der Waals surface area contributed by atoms with E-state index in [2.05, 4.69) is 35.1 Å². The van der Waals surface area contributed by atoms with E-state index in [1.807, 2.05) is 18.2 Å². The van der Waals surface area contributed by atoms with Crippen molar-refractivity contribution in [3.05, 3.63) is 54.1 Å². The van der Waals surface area contributed by atoms with Crippen LogP contribution in [0.15, 0.2) is 42.7 Å². The number of pyridine rings is 2. The number of hydrogen-bond acceptors (Lipinski definition) is 8. The Morgan fingerprint density at radius 2 is 1.93 bits per heavy atom. The summed E-state index contributed by atoms with van der Waals surface area (Å²) in [5, 5.41) is 2.71. The number of aromatic nitrogens is 5. The largest absolute Gasteiger partial charge is 0.378 e. The number of amides is 1. The molecule has 28 heavy (non-hydrogen) atoms. The molecule has 1 aliphatic heterocycles. The van der Waals surface area contributed by atoms with Crippen LogP contribution in [0.3, 0.4) is 0 Å². The summed E-state index contributed by atoms with van der Waals surface area (Å²) in [4.78, 5) is 36.1. The predicted molar refractivity (Wildman–Crippen MR) is 103 cm³/mol. The first-order chi connectivity index (χ1) is 13.7. The van der Waals surface area contributed by atoms with Crippen LogP contribution in [0.5, 0.6) is 0 Å². The molecule has 0 radical (unpaired) electrons. The summed E-state index contributed by atoms with van der Waals surface area (Å²) in [6, 6.07) is 9.03. The molecule has 1 N–H and O–H groups in total. The van der Waals surface area contributed by atoms with Crippen LogP contribution in [-0.2, 0) is 4.74 Å². The number of hydrogen-bond donors (Lipinski definition) is 1. The van der Waals surface area contributed by atoms with E-state index < -0.39 is 0 Å². The van der Waals surface area contributed by atoms with Crippen LogP contribution >= 0.6 is 0 Å². The molecule has 3 aromatic heterocycles. The lowest BCUT2D eigenvalue weighted by Crippen LogP contribution is -2.36. The van der Waals surface area contributed by atoms with Crippen molar-refractivity contribution in [2.75, 3.05) is 36.5 Å². The van der Waals surface area contributed by atoms with Crippen molar-refractivity contribution >= 4 is 17.7 Å². The van der Waals surface area contributed by atoms with Gasteiger partial charge in [-0.15, -0.1) is 0 Å². The van der Waals surface area contributed by atoms with Crippen LogP contribution in [0.4, 0.5) is 11.8 Å². The van der Waals surface area contributed by atoms with Gasteiger partial charge in [0.2, 0.25) is 5.95 Å². The zero-order valence-electron chi connectivity index (χ0n) is 15.4. The maximum Gasteiger partial charge on any atom is 0.259 e. The fraction of sp³-hybridized carbons (Fsp3) is 0.263. The van der Waals surface area contributed by atoms with Gasteiger partial charge < -0.3 is 9.64 Å². The molecule has 9 nitrogen and oxygen atoms in total. The monoisotopic (exact) mass is 377 g/mol. The number of nitrogens with one attached hydrogen (secondary N) is 1. The second kappa shape index (κ2) is 8.05. The van der Waals surface area contributed by atoms with E-state index >= 15 is 0 Å². The van der Waals surface area contributed by atoms with Gasteiger partial charge in [0.05, 0.1) is 18.8 Å². The number of ether oxygens (including phenoxy) is 1. The Labute approximate surface area is 161 Å². The summed E-state index contributed by atoms with van der Waals surface area (Å²) in [5.74, 6) is 1.57. The molecular formula is C19H19N7O2. The quantitative estimate of drug-likeness (QED) is 0.733. The number of rotatable bonds is 4. The normalized spacial score (nSPS) is 14.0. The molecule has 0 bridgehead atoms. The molecule has 9 heteroatoms. The lowest BCUT2D eigenvalue weighted by molar-refractivity contribution is 0.102. The third-order valence-electron chi connectivity index (χ3n) is 4.21. The smallest absolute Gasteiger partial charge is 0.259 e. The molecule has 142 valence electrons. The molecule has 1 saturated heterocycles. The first kappa shape index (κ1) is 17.9. The average Bonchev–Trinajstić information content (AvgIpc) is 2.75. The maximum absolute atomic E-state index is 12.6. The number of aryl methyl sites for hydroxylation is 1. The van der Waals surface area contributed by atoms with E-state index in [4.69, 9.17) is 4.74 Å². The zero-order chi connectivity index (χ0) is 19.3. The molecule has 0 unspecified atom stereocenters. The summed E-state index contributed by atoms with van der Waals surface area (Å²) < 4.78 is 5.34. The van der Waals surface area contributed by atoms with Crippen LogP contribution in [0.2, 0.25) is 0 Å². The van der Waals surface area contributed by atoms with Gasteiger partial charge in [0, 0.05) is 25.5 Å². The second-order valence-corrected chi connectivity index (χ2v) is 6.20. The van der Waals surface area contributed by atoms with Crippen LogP contribution in [0, 0.1) is 6.92 Å². The standard InChI is InChI=1S/C19H19N7O2/c1-13-22-17(15-4-2-3-7-20-15)24-19(23-13)25-18(27)14-5-6-16(21-12-14)26-8-10-28-11-9-26/h2-7,12H,8-11H2,1H3,(H,22,23,24,25,27). The van der Waals surface area contributed by atoms with Gasteiger partial charge in [-0.2, -0.15) is 9.97 Å². The highest BCUT2D eigenvalue weighted by Crippen LogP contribution is 2.15. The minimum atomic E-state index is -0.335. The molecule has 1 amide bonds. The Morgan fingerprint density at radius 3 is 2.64 bits per heavy atom. The van der Waals surface area contributed by atoms with Crippen LogP contribution in [0.1, 0.15) is 16.2 Å². The number of anilines is 2. The molecule has 0 atom stereocenters. The summed E-state index contributed by atoms with van der Waals surface area (Å²) in [5.41, 5.74) is 1.04. The fourth-order valence-corrected chi connectivity index (χ4v) is 2.82. The Hall–Kier alpha value is -3.46. The highest BCUT2D eigenvalue weighted by atomic mass is 16.5. The van der Waals surface area contributed by atoms with Gasteiger partial charge in [-0.1, -0.05) is 6.07 Å². The van der Waals surface area contributed by atoms with Crippen molar-refractivity contribution in [1.29, 1.82) is 0 Å². The van der Waals surface area contributed by atoms with Gasteiger partial charge in [0.25, 0.3) is 5.91 Å². The zero-order valence-corrected chi connectivity index (χ0v) is 15.4. The Morgan fingerprint density at radius 1 is 1.07 bits per heavy atom. The van der Waals surface area contributed by atoms with Gasteiger partial charge in [0.15, 0.2) is 5.82 Å². The Bertz CT molecular complexity index is 958. The van der Waals surface area contributed by atoms with Crippen LogP contribution in [0.25, 0.3) is 11.5 Å². The molecule has 0 spiro atoms. The summed E-state index contributed by atoms with van der Waals surface area (Å²) in [7, 11) is 0. The minimum absolute atomic E-state index is 0.176. The number of nitrogens with zero attached hydrogens (tertiary/aromatic N) is 6. The fourth-order valence-electron chi connectivity index (χ4n) is 2.82. The lowest BCUT2D eigenvalue weighted by Gasteiger charge is -2.27. The van der Waals surface area contributed by atoms with Crippen molar-refractivity contribution in [3.63, 3.8) is 0 Å². The predicted octanol–water partition coefficient (Wildman–Crippen LogP) is 1.73. The van der Waals surface area contributed by atoms with Crippen molar-refractivity contribution in [3.8, 4) is 11.5 Å². The number of morpholine rings is 1. The second-order valence-electron chi connectivity index (χ2n) is 6.20. The summed E-state index contributed by atoms with van der Waals surface area (Å²) in [6.45, 7) is 4.68. The van der Waals surface area contributed by atoms with Gasteiger partial charge in [-0.05, 0) is 31.2 Å². The molecule has 1 aliphatic rings. The number of carbonyl (C=O) groups is 1. The molecule has 4 rings (SSSR count). The highest BCUT2D eigenvalue weighted by Gasteiger charge is 2.15. The van der Waals surface area contributed by atoms with Gasteiger partial charge in [-0.3, -0.25) is 15.1 Å². The van der Waals surface area contributed by atoms with E-state index in [9.17, 15) is 4.79 Å². The van der Waals surface area contributed by atoms with Crippen molar-refractivity contribution in [2.24, 2.45) is 0 Å². The Kier molecular flexibility index (Phi) is 5.16. The third-order valence-corrected chi connectivity index (χ3v) is 4.21. The molecule has 0 aromatic carbocycles. The first-order valence-electron chi connectivity index (χ1n) is 8.93. The van der Waals surface area contributed by atoms with Crippen molar-refractivity contribution in [2.45, 2.75) is 6.92 Å². The van der Waals surface area contributed by atoms with Crippen molar-refractivity contribution < 1.29 is 9.53 Å². The topological polar surface area (TPSA) is 106 Å². The first-order valence-corrected chi connectivity index (χ1v) is 8.93. The third kappa shape index (κ3) is 4.09. The number of carbonyl (C=O) groups excluding carboxylic acids is 1. The van der Waals surface area contributed by atoms with Gasteiger partial charge in [-0.25, -0.2) is 9.97 Å². The molecule has 1 fully saturated rings. The van der Waals surface area contributed by atoms with E-state index in [1.54, 1.807) is 31.5 Å². The molecule has 0 saturated carbocycles. The van der Waals surface area contributed by atoms with Crippen LogP contribution < -0.4 is 10.2 Å².